The van der Waals surface area contributed by atoms with Gasteiger partial charge in [-0.15, -0.1) is 0 Å². The van der Waals surface area contributed by atoms with E-state index in [2.05, 4.69) is 24.4 Å². The van der Waals surface area contributed by atoms with Gasteiger partial charge in [-0.05, 0) is 39.0 Å². The molecule has 1 amide bonds. The average Bonchev–Trinajstić information content (AvgIpc) is 2.77. The number of unbranched alkanes of at least 4 members (excludes halogenated alkanes) is 11. The number of hydrogen-bond acceptors (Lipinski definition) is 6. The van der Waals surface area contributed by atoms with Crippen LogP contribution < -0.4 is 5.32 Å². The first-order valence-electron chi connectivity index (χ1n) is 12.9. The summed E-state index contributed by atoms with van der Waals surface area (Å²) in [4.78, 5) is 34.5. The van der Waals surface area contributed by atoms with Crippen molar-refractivity contribution >= 4 is 28.0 Å². The SMILES string of the molecule is CCCCCCCC/C=C/CCCCCCCC(=O)NCC(C)OC(=O)C(CC(=O)O)S(=O)(=O)O. The molecule has 0 aromatic rings. The van der Waals surface area contributed by atoms with E-state index in [0.717, 1.165) is 38.5 Å². The molecule has 204 valence electrons. The van der Waals surface area contributed by atoms with Crippen LogP contribution in [-0.2, 0) is 29.2 Å². The molecule has 2 unspecified atom stereocenters. The number of hydrogen-bond donors (Lipinski definition) is 3. The van der Waals surface area contributed by atoms with Crippen LogP contribution in [-0.4, -0.2) is 53.8 Å². The van der Waals surface area contributed by atoms with Crippen molar-refractivity contribution in [2.24, 2.45) is 0 Å². The Morgan fingerprint density at radius 1 is 0.886 bits per heavy atom. The zero-order valence-electron chi connectivity index (χ0n) is 21.4. The van der Waals surface area contributed by atoms with Crippen molar-refractivity contribution in [3.63, 3.8) is 0 Å². The lowest BCUT2D eigenvalue weighted by atomic mass is 10.1. The van der Waals surface area contributed by atoms with Gasteiger partial charge in [0.15, 0.2) is 5.25 Å². The Balaban J connectivity index is 3.80. The number of carboxylic acids is 1. The summed E-state index contributed by atoms with van der Waals surface area (Å²) in [5.41, 5.74) is 0. The average molecular weight is 520 g/mol. The van der Waals surface area contributed by atoms with Gasteiger partial charge in [0.25, 0.3) is 10.1 Å². The van der Waals surface area contributed by atoms with Crippen molar-refractivity contribution in [2.45, 2.75) is 122 Å². The third-order valence-electron chi connectivity index (χ3n) is 5.55. The highest BCUT2D eigenvalue weighted by Gasteiger charge is 2.35. The predicted octanol–water partition coefficient (Wildman–Crippen LogP) is 4.80. The van der Waals surface area contributed by atoms with Gasteiger partial charge in [0.05, 0.1) is 13.0 Å². The molecule has 0 spiro atoms. The maximum Gasteiger partial charge on any atom is 0.327 e. The monoisotopic (exact) mass is 519 g/mol. The van der Waals surface area contributed by atoms with Gasteiger partial charge in [0.1, 0.15) is 6.10 Å². The number of carbonyl (C=O) groups is 3. The second kappa shape index (κ2) is 20.3. The lowest BCUT2D eigenvalue weighted by Crippen LogP contribution is -2.39. The van der Waals surface area contributed by atoms with Crippen LogP contribution in [0.1, 0.15) is 110 Å². The van der Waals surface area contributed by atoms with Gasteiger partial charge < -0.3 is 15.2 Å². The van der Waals surface area contributed by atoms with Crippen LogP contribution in [0.5, 0.6) is 0 Å². The molecule has 0 radical (unpaired) electrons. The summed E-state index contributed by atoms with van der Waals surface area (Å²) < 4.78 is 36.3. The summed E-state index contributed by atoms with van der Waals surface area (Å²) in [6, 6.07) is 0. The van der Waals surface area contributed by atoms with Crippen molar-refractivity contribution in [3.8, 4) is 0 Å². The van der Waals surface area contributed by atoms with Gasteiger partial charge in [-0.3, -0.25) is 18.9 Å². The third-order valence-corrected chi connectivity index (χ3v) is 6.63. The molecular weight excluding hydrogens is 474 g/mol. The van der Waals surface area contributed by atoms with E-state index in [4.69, 9.17) is 14.4 Å². The number of aliphatic carboxylic acids is 1. The molecule has 3 N–H and O–H groups in total. The Morgan fingerprint density at radius 3 is 1.91 bits per heavy atom. The number of carbonyl (C=O) groups excluding carboxylic acids is 2. The number of carboxylic acid groups (broad SMARTS) is 1. The summed E-state index contributed by atoms with van der Waals surface area (Å²) in [7, 11) is -4.92. The van der Waals surface area contributed by atoms with Gasteiger partial charge in [-0.25, -0.2) is 0 Å². The summed E-state index contributed by atoms with van der Waals surface area (Å²) >= 11 is 0. The van der Waals surface area contributed by atoms with Gasteiger partial charge in [0, 0.05) is 6.42 Å². The number of amides is 1. The maximum absolute atomic E-state index is 11.9. The van der Waals surface area contributed by atoms with E-state index in [1.165, 1.54) is 51.9 Å². The molecule has 0 rings (SSSR count). The first-order chi connectivity index (χ1) is 16.6. The molecule has 0 aromatic heterocycles. The number of allylic oxidation sites excluding steroid dienone is 2. The Labute approximate surface area is 210 Å². The number of rotatable bonds is 22. The minimum Gasteiger partial charge on any atom is -0.481 e. The van der Waals surface area contributed by atoms with Crippen LogP contribution in [0.4, 0.5) is 0 Å². The van der Waals surface area contributed by atoms with Gasteiger partial charge in [-0.1, -0.05) is 70.4 Å². The second-order valence-electron chi connectivity index (χ2n) is 8.99. The van der Waals surface area contributed by atoms with E-state index in [-0.39, 0.29) is 12.5 Å². The fraction of sp³-hybridized carbons (Fsp3) is 0.800. The molecule has 0 saturated heterocycles. The maximum atomic E-state index is 11.9. The molecule has 0 heterocycles. The predicted molar refractivity (Wildman–Crippen MR) is 136 cm³/mol. The van der Waals surface area contributed by atoms with Crippen LogP contribution in [0.2, 0.25) is 0 Å². The van der Waals surface area contributed by atoms with E-state index in [9.17, 15) is 22.8 Å². The van der Waals surface area contributed by atoms with Crippen LogP contribution >= 0.6 is 0 Å². The smallest absolute Gasteiger partial charge is 0.327 e. The van der Waals surface area contributed by atoms with E-state index >= 15 is 0 Å². The van der Waals surface area contributed by atoms with Crippen molar-refractivity contribution in [3.05, 3.63) is 12.2 Å². The van der Waals surface area contributed by atoms with Crippen LogP contribution in [0, 0.1) is 0 Å². The molecule has 35 heavy (non-hydrogen) atoms. The molecule has 0 fully saturated rings. The van der Waals surface area contributed by atoms with Gasteiger partial charge >= 0.3 is 11.9 Å². The second-order valence-corrected chi connectivity index (χ2v) is 10.6. The molecule has 0 bridgehead atoms. The molecule has 0 aliphatic heterocycles. The normalized spacial score (nSPS) is 13.5. The van der Waals surface area contributed by atoms with Gasteiger partial charge in [-0.2, -0.15) is 8.42 Å². The largest absolute Gasteiger partial charge is 0.481 e. The van der Waals surface area contributed by atoms with E-state index < -0.39 is 39.8 Å². The molecule has 2 atom stereocenters. The summed E-state index contributed by atoms with van der Waals surface area (Å²) in [6.07, 6.45) is 18.1. The van der Waals surface area contributed by atoms with Crippen molar-refractivity contribution in [1.82, 2.24) is 5.32 Å². The van der Waals surface area contributed by atoms with Crippen LogP contribution in [0.25, 0.3) is 0 Å². The number of esters is 1. The molecule has 0 saturated carbocycles. The Kier molecular flexibility index (Phi) is 19.1. The van der Waals surface area contributed by atoms with Crippen LogP contribution in [0.3, 0.4) is 0 Å². The fourth-order valence-electron chi connectivity index (χ4n) is 3.49. The lowest BCUT2D eigenvalue weighted by molar-refractivity contribution is -0.151. The molecule has 0 aromatic carbocycles. The topological polar surface area (TPSA) is 147 Å². The summed E-state index contributed by atoms with van der Waals surface area (Å²) in [5, 5.41) is 9.10. The molecular formula is C25H45NO8S. The van der Waals surface area contributed by atoms with Crippen molar-refractivity contribution in [1.29, 1.82) is 0 Å². The molecule has 0 aliphatic rings. The minimum absolute atomic E-state index is 0.0408. The van der Waals surface area contributed by atoms with E-state index in [1.54, 1.807) is 0 Å². The molecule has 9 nitrogen and oxygen atoms in total. The Hall–Kier alpha value is -1.94. The first kappa shape index (κ1) is 33.1. The Bertz CT molecular complexity index is 736. The summed E-state index contributed by atoms with van der Waals surface area (Å²) in [6.45, 7) is 3.62. The zero-order valence-corrected chi connectivity index (χ0v) is 22.2. The minimum atomic E-state index is -4.92. The van der Waals surface area contributed by atoms with Crippen molar-refractivity contribution in [2.75, 3.05) is 6.54 Å². The Morgan fingerprint density at radius 2 is 1.40 bits per heavy atom. The number of nitrogens with one attached hydrogen (secondary N) is 1. The third kappa shape index (κ3) is 20.0. The van der Waals surface area contributed by atoms with Gasteiger partial charge in [0.2, 0.25) is 5.91 Å². The molecule has 10 heteroatoms. The van der Waals surface area contributed by atoms with E-state index in [1.807, 2.05) is 0 Å². The van der Waals surface area contributed by atoms with E-state index in [0.29, 0.717) is 6.42 Å². The highest BCUT2D eigenvalue weighted by molar-refractivity contribution is 7.87. The highest BCUT2D eigenvalue weighted by atomic mass is 32.2. The molecule has 0 aliphatic carbocycles. The zero-order chi connectivity index (χ0) is 26.5. The fourth-order valence-corrected chi connectivity index (χ4v) is 4.14. The first-order valence-corrected chi connectivity index (χ1v) is 14.4. The van der Waals surface area contributed by atoms with Crippen molar-refractivity contribution < 1.29 is 37.2 Å². The quantitative estimate of drug-likeness (QED) is 0.0799. The number of ether oxygens (including phenoxy) is 1. The lowest BCUT2D eigenvalue weighted by Gasteiger charge is -2.17. The highest BCUT2D eigenvalue weighted by Crippen LogP contribution is 2.11. The summed E-state index contributed by atoms with van der Waals surface area (Å²) in [5.74, 6) is -3.14. The van der Waals surface area contributed by atoms with Crippen LogP contribution in [0.15, 0.2) is 12.2 Å². The standard InChI is InChI=1S/C25H45NO8S/c1-3-4-5-6-7-8-9-10-11-12-13-14-15-16-17-18-23(27)26-20-21(2)34-25(30)22(19-24(28)29)35(31,32)33/h10-11,21-22H,3-9,12-20H2,1-2H3,(H,26,27)(H,28,29)(H,31,32,33)/b11-10+.